The zero-order valence-corrected chi connectivity index (χ0v) is 9.86. The predicted molar refractivity (Wildman–Crippen MR) is 61.3 cm³/mol. The van der Waals surface area contributed by atoms with Gasteiger partial charge in [0.1, 0.15) is 5.78 Å². The van der Waals surface area contributed by atoms with Crippen LogP contribution in [0.5, 0.6) is 0 Å². The summed E-state index contributed by atoms with van der Waals surface area (Å²) in [4.78, 5) is 14.2. The summed E-state index contributed by atoms with van der Waals surface area (Å²) in [7, 11) is 0. The second-order valence-electron chi connectivity index (χ2n) is 5.52. The van der Waals surface area contributed by atoms with Crippen molar-refractivity contribution >= 4 is 5.78 Å². The number of piperidine rings is 2. The first-order chi connectivity index (χ1) is 7.83. The Morgan fingerprint density at radius 2 is 1.88 bits per heavy atom. The molecule has 0 saturated carbocycles. The van der Waals surface area contributed by atoms with Gasteiger partial charge in [-0.1, -0.05) is 6.42 Å². The number of ether oxygens (including phenoxy) is 1. The molecule has 0 amide bonds. The first kappa shape index (κ1) is 10.7. The van der Waals surface area contributed by atoms with Crippen LogP contribution in [0.2, 0.25) is 0 Å². The molecule has 90 valence electrons. The first-order valence-corrected chi connectivity index (χ1v) is 6.72. The summed E-state index contributed by atoms with van der Waals surface area (Å²) >= 11 is 0. The zero-order valence-electron chi connectivity index (χ0n) is 9.86. The van der Waals surface area contributed by atoms with E-state index >= 15 is 0 Å². The van der Waals surface area contributed by atoms with Gasteiger partial charge in [-0.15, -0.1) is 0 Å². The van der Waals surface area contributed by atoms with E-state index in [0.29, 0.717) is 24.0 Å². The standard InChI is InChI=1S/C13H21NO2/c15-12-7-10-3-1-4-11(8-12)14(10)9-13-5-2-6-16-13/h10-11,13H,1-9H2. The molecular weight excluding hydrogens is 202 g/mol. The fourth-order valence-electron chi connectivity index (χ4n) is 3.59. The summed E-state index contributed by atoms with van der Waals surface area (Å²) < 4.78 is 5.72. The average molecular weight is 223 g/mol. The van der Waals surface area contributed by atoms with E-state index in [2.05, 4.69) is 4.90 Å². The second kappa shape index (κ2) is 4.46. The molecule has 0 aromatic carbocycles. The Balaban J connectivity index is 1.66. The number of ketones is 1. The molecule has 3 atom stereocenters. The van der Waals surface area contributed by atoms with E-state index in [4.69, 9.17) is 4.74 Å². The molecule has 2 bridgehead atoms. The number of Topliss-reactive ketones (excluding diaryl/α,β-unsaturated/α-hetero) is 1. The van der Waals surface area contributed by atoms with Crippen LogP contribution in [0.3, 0.4) is 0 Å². The van der Waals surface area contributed by atoms with E-state index in [-0.39, 0.29) is 0 Å². The third kappa shape index (κ3) is 2.03. The Labute approximate surface area is 97.1 Å². The Hall–Kier alpha value is -0.410. The number of rotatable bonds is 2. The van der Waals surface area contributed by atoms with Gasteiger partial charge >= 0.3 is 0 Å². The lowest BCUT2D eigenvalue weighted by Crippen LogP contribution is -2.54. The van der Waals surface area contributed by atoms with E-state index in [1.165, 1.54) is 32.1 Å². The lowest BCUT2D eigenvalue weighted by Gasteiger charge is -2.46. The van der Waals surface area contributed by atoms with E-state index in [0.717, 1.165) is 26.0 Å². The highest BCUT2D eigenvalue weighted by atomic mass is 16.5. The maximum absolute atomic E-state index is 11.6. The molecular formula is C13H21NO2. The fourth-order valence-corrected chi connectivity index (χ4v) is 3.59. The normalized spacial score (nSPS) is 40.2. The van der Waals surface area contributed by atoms with Gasteiger partial charge < -0.3 is 4.74 Å². The van der Waals surface area contributed by atoms with Crippen molar-refractivity contribution in [1.29, 1.82) is 0 Å². The van der Waals surface area contributed by atoms with Crippen LogP contribution < -0.4 is 0 Å². The van der Waals surface area contributed by atoms with Gasteiger partial charge in [-0.2, -0.15) is 0 Å². The molecule has 0 spiro atoms. The van der Waals surface area contributed by atoms with Crippen LogP contribution in [-0.4, -0.2) is 42.0 Å². The van der Waals surface area contributed by atoms with Crippen molar-refractivity contribution in [2.75, 3.05) is 13.2 Å². The molecule has 3 unspecified atom stereocenters. The van der Waals surface area contributed by atoms with Crippen molar-refractivity contribution in [2.24, 2.45) is 0 Å². The van der Waals surface area contributed by atoms with Crippen molar-refractivity contribution in [2.45, 2.75) is 63.1 Å². The minimum Gasteiger partial charge on any atom is -0.377 e. The van der Waals surface area contributed by atoms with E-state index in [1.54, 1.807) is 0 Å². The molecule has 16 heavy (non-hydrogen) atoms. The van der Waals surface area contributed by atoms with Crippen LogP contribution in [0.15, 0.2) is 0 Å². The first-order valence-electron chi connectivity index (χ1n) is 6.72. The van der Waals surface area contributed by atoms with Crippen LogP contribution in [0.4, 0.5) is 0 Å². The van der Waals surface area contributed by atoms with Gasteiger partial charge in [0.15, 0.2) is 0 Å². The molecule has 0 aromatic heterocycles. The number of hydrogen-bond acceptors (Lipinski definition) is 3. The minimum atomic E-state index is 0.441. The van der Waals surface area contributed by atoms with Gasteiger partial charge in [-0.25, -0.2) is 0 Å². The van der Waals surface area contributed by atoms with Crippen molar-refractivity contribution in [1.82, 2.24) is 4.90 Å². The average Bonchev–Trinajstić information content (AvgIpc) is 2.72. The van der Waals surface area contributed by atoms with Crippen molar-refractivity contribution in [3.05, 3.63) is 0 Å². The monoisotopic (exact) mass is 223 g/mol. The summed E-state index contributed by atoms with van der Waals surface area (Å²) in [6.45, 7) is 2.01. The molecule has 3 aliphatic rings. The SMILES string of the molecule is O=C1CC2CCCC(C1)N2CC1CCCO1. The zero-order chi connectivity index (χ0) is 11.0. The Morgan fingerprint density at radius 3 is 2.50 bits per heavy atom. The van der Waals surface area contributed by atoms with Gasteiger partial charge in [-0.3, -0.25) is 9.69 Å². The summed E-state index contributed by atoms with van der Waals surface area (Å²) in [5.74, 6) is 0.485. The van der Waals surface area contributed by atoms with Crippen molar-refractivity contribution in [3.8, 4) is 0 Å². The molecule has 0 aliphatic carbocycles. The fraction of sp³-hybridized carbons (Fsp3) is 0.923. The third-order valence-corrected chi connectivity index (χ3v) is 4.38. The highest BCUT2D eigenvalue weighted by molar-refractivity contribution is 5.80. The predicted octanol–water partition coefficient (Wildman–Crippen LogP) is 1.75. The lowest BCUT2D eigenvalue weighted by molar-refractivity contribution is -0.128. The molecule has 3 heterocycles. The van der Waals surface area contributed by atoms with E-state index in [9.17, 15) is 4.79 Å². The third-order valence-electron chi connectivity index (χ3n) is 4.38. The van der Waals surface area contributed by atoms with Crippen LogP contribution in [0.25, 0.3) is 0 Å². The van der Waals surface area contributed by atoms with Crippen LogP contribution in [-0.2, 0) is 9.53 Å². The largest absolute Gasteiger partial charge is 0.377 e. The molecule has 3 nitrogen and oxygen atoms in total. The van der Waals surface area contributed by atoms with Gasteiger partial charge in [0, 0.05) is 38.1 Å². The Morgan fingerprint density at radius 1 is 1.12 bits per heavy atom. The minimum absolute atomic E-state index is 0.441. The van der Waals surface area contributed by atoms with Gasteiger partial charge in [0.25, 0.3) is 0 Å². The maximum atomic E-state index is 11.6. The van der Waals surface area contributed by atoms with Crippen LogP contribution in [0, 0.1) is 0 Å². The summed E-state index contributed by atoms with van der Waals surface area (Å²) in [5, 5.41) is 0. The number of nitrogens with zero attached hydrogens (tertiary/aromatic N) is 1. The highest BCUT2D eigenvalue weighted by Crippen LogP contribution is 2.33. The Kier molecular flexibility index (Phi) is 2.99. The Bertz CT molecular complexity index is 257. The lowest BCUT2D eigenvalue weighted by atomic mass is 9.83. The van der Waals surface area contributed by atoms with Crippen LogP contribution >= 0.6 is 0 Å². The quantitative estimate of drug-likeness (QED) is 0.714. The summed E-state index contributed by atoms with van der Waals surface area (Å²) in [5.41, 5.74) is 0. The van der Waals surface area contributed by atoms with Gasteiger partial charge in [0.05, 0.1) is 6.10 Å². The van der Waals surface area contributed by atoms with Gasteiger partial charge in [-0.05, 0) is 25.7 Å². The number of carbonyl (C=O) groups is 1. The highest BCUT2D eigenvalue weighted by Gasteiger charge is 2.38. The molecule has 3 saturated heterocycles. The smallest absolute Gasteiger partial charge is 0.136 e. The topological polar surface area (TPSA) is 29.5 Å². The molecule has 0 N–H and O–H groups in total. The number of carbonyl (C=O) groups excluding carboxylic acids is 1. The van der Waals surface area contributed by atoms with Gasteiger partial charge in [0.2, 0.25) is 0 Å². The van der Waals surface area contributed by atoms with E-state index < -0.39 is 0 Å². The van der Waals surface area contributed by atoms with Crippen LogP contribution in [0.1, 0.15) is 44.9 Å². The molecule has 3 heteroatoms. The molecule has 0 aromatic rings. The molecule has 0 radical (unpaired) electrons. The summed E-state index contributed by atoms with van der Waals surface area (Å²) in [6, 6.07) is 1.06. The summed E-state index contributed by atoms with van der Waals surface area (Å²) in [6.07, 6.45) is 8.20. The molecule has 3 fully saturated rings. The van der Waals surface area contributed by atoms with Crippen molar-refractivity contribution < 1.29 is 9.53 Å². The molecule has 3 aliphatic heterocycles. The van der Waals surface area contributed by atoms with E-state index in [1.807, 2.05) is 0 Å². The maximum Gasteiger partial charge on any atom is 0.136 e. The van der Waals surface area contributed by atoms with Crippen molar-refractivity contribution in [3.63, 3.8) is 0 Å². The second-order valence-corrected chi connectivity index (χ2v) is 5.52. The number of hydrogen-bond donors (Lipinski definition) is 0. The number of fused-ring (bicyclic) bond motifs is 2. The molecule has 3 rings (SSSR count).